The normalized spacial score (nSPS) is 10.9. The summed E-state index contributed by atoms with van der Waals surface area (Å²) in [5.41, 5.74) is 2.64. The minimum atomic E-state index is -0.145. The Labute approximate surface area is 154 Å². The lowest BCUT2D eigenvalue weighted by atomic mass is 9.99. The third-order valence-electron chi connectivity index (χ3n) is 4.54. The Hall–Kier alpha value is -2.94. The average Bonchev–Trinajstić information content (AvgIpc) is 2.66. The van der Waals surface area contributed by atoms with E-state index in [4.69, 9.17) is 0 Å². The summed E-state index contributed by atoms with van der Waals surface area (Å²) in [6, 6.07) is 21.4. The molecule has 3 aromatic rings. The molecule has 0 saturated carbocycles. The minimum absolute atomic E-state index is 0.00613. The van der Waals surface area contributed by atoms with E-state index in [0.717, 1.165) is 16.5 Å². The van der Waals surface area contributed by atoms with Crippen LogP contribution in [0.1, 0.15) is 48.5 Å². The number of fused-ring (bicyclic) bond motifs is 1. The van der Waals surface area contributed by atoms with E-state index in [-0.39, 0.29) is 24.5 Å². The van der Waals surface area contributed by atoms with E-state index >= 15 is 0 Å². The molecule has 0 aliphatic heterocycles. The van der Waals surface area contributed by atoms with Gasteiger partial charge in [0.2, 0.25) is 5.91 Å². The van der Waals surface area contributed by atoms with Gasteiger partial charge in [-0.2, -0.15) is 0 Å². The second-order valence-corrected chi connectivity index (χ2v) is 6.77. The smallest absolute Gasteiger partial charge is 0.224 e. The van der Waals surface area contributed by atoms with Crippen LogP contribution in [0.25, 0.3) is 10.8 Å². The van der Waals surface area contributed by atoms with Crippen LogP contribution in [-0.4, -0.2) is 11.7 Å². The molecule has 0 spiro atoms. The number of hydrogen-bond acceptors (Lipinski definition) is 2. The highest BCUT2D eigenvalue weighted by atomic mass is 16.2. The summed E-state index contributed by atoms with van der Waals surface area (Å²) < 4.78 is 0. The quantitative estimate of drug-likeness (QED) is 0.594. The van der Waals surface area contributed by atoms with Gasteiger partial charge in [0, 0.05) is 29.5 Å². The fourth-order valence-electron chi connectivity index (χ4n) is 2.97. The average molecular weight is 345 g/mol. The van der Waals surface area contributed by atoms with E-state index in [0.29, 0.717) is 11.5 Å². The second kappa shape index (κ2) is 7.96. The molecule has 0 saturated heterocycles. The topological polar surface area (TPSA) is 46.2 Å². The van der Waals surface area contributed by atoms with Crippen LogP contribution in [0.4, 0.5) is 5.69 Å². The molecular weight excluding hydrogens is 322 g/mol. The molecule has 0 radical (unpaired) electrons. The Morgan fingerprint density at radius 2 is 1.54 bits per heavy atom. The number of Topliss-reactive ketones (excluding diaryl/α,β-unsaturated/α-hetero) is 1. The standard InChI is InChI=1S/C23H23NO2/c1-16(2)17-10-12-19(13-11-17)22(25)14-15-23(26)24-21-9-5-7-18-6-3-4-8-20(18)21/h3-13,16H,14-15H2,1-2H3,(H,24,26). The van der Waals surface area contributed by atoms with Crippen LogP contribution in [0, 0.1) is 0 Å². The SMILES string of the molecule is CC(C)c1ccc(C(=O)CCC(=O)Nc2cccc3ccccc23)cc1. The maximum absolute atomic E-state index is 12.3. The van der Waals surface area contributed by atoms with Gasteiger partial charge >= 0.3 is 0 Å². The zero-order valence-corrected chi connectivity index (χ0v) is 15.2. The van der Waals surface area contributed by atoms with E-state index < -0.39 is 0 Å². The second-order valence-electron chi connectivity index (χ2n) is 6.77. The number of hydrogen-bond donors (Lipinski definition) is 1. The van der Waals surface area contributed by atoms with Gasteiger partial charge < -0.3 is 5.32 Å². The maximum atomic E-state index is 12.3. The molecule has 3 aromatic carbocycles. The summed E-state index contributed by atoms with van der Waals surface area (Å²) >= 11 is 0. The summed E-state index contributed by atoms with van der Waals surface area (Å²) in [6.07, 6.45) is 0.381. The van der Waals surface area contributed by atoms with Crippen molar-refractivity contribution in [3.05, 3.63) is 77.9 Å². The molecule has 0 aliphatic carbocycles. The highest BCUT2D eigenvalue weighted by Gasteiger charge is 2.11. The molecule has 26 heavy (non-hydrogen) atoms. The van der Waals surface area contributed by atoms with Gasteiger partial charge in [-0.15, -0.1) is 0 Å². The molecule has 1 N–H and O–H groups in total. The summed E-state index contributed by atoms with van der Waals surface area (Å²) in [6.45, 7) is 4.24. The van der Waals surface area contributed by atoms with Crippen LogP contribution >= 0.6 is 0 Å². The van der Waals surface area contributed by atoms with Crippen molar-refractivity contribution < 1.29 is 9.59 Å². The zero-order chi connectivity index (χ0) is 18.5. The molecule has 132 valence electrons. The number of ketones is 1. The largest absolute Gasteiger partial charge is 0.326 e. The van der Waals surface area contributed by atoms with Crippen molar-refractivity contribution in [1.82, 2.24) is 0 Å². The molecule has 0 fully saturated rings. The van der Waals surface area contributed by atoms with Gasteiger partial charge in [0.1, 0.15) is 0 Å². The first-order chi connectivity index (χ1) is 12.5. The number of amides is 1. The number of nitrogens with one attached hydrogen (secondary N) is 1. The van der Waals surface area contributed by atoms with E-state index in [1.807, 2.05) is 66.7 Å². The Bertz CT molecular complexity index is 921. The van der Waals surface area contributed by atoms with Gasteiger partial charge in [0.25, 0.3) is 0 Å². The van der Waals surface area contributed by atoms with Crippen molar-refractivity contribution in [3.63, 3.8) is 0 Å². The van der Waals surface area contributed by atoms with E-state index in [9.17, 15) is 9.59 Å². The first-order valence-corrected chi connectivity index (χ1v) is 8.95. The van der Waals surface area contributed by atoms with Crippen molar-refractivity contribution in [3.8, 4) is 0 Å². The summed E-state index contributed by atoms with van der Waals surface area (Å²) in [5, 5.41) is 5.00. The van der Waals surface area contributed by atoms with Crippen LogP contribution in [0.2, 0.25) is 0 Å². The lowest BCUT2D eigenvalue weighted by Gasteiger charge is -2.09. The van der Waals surface area contributed by atoms with Gasteiger partial charge in [-0.1, -0.05) is 74.5 Å². The minimum Gasteiger partial charge on any atom is -0.326 e. The molecule has 3 nitrogen and oxygen atoms in total. The van der Waals surface area contributed by atoms with E-state index in [1.165, 1.54) is 5.56 Å². The van der Waals surface area contributed by atoms with Crippen molar-refractivity contribution in [2.24, 2.45) is 0 Å². The number of carbonyl (C=O) groups excluding carboxylic acids is 2. The molecule has 0 atom stereocenters. The Balaban J connectivity index is 1.60. The maximum Gasteiger partial charge on any atom is 0.224 e. The van der Waals surface area contributed by atoms with Gasteiger partial charge in [-0.3, -0.25) is 9.59 Å². The van der Waals surface area contributed by atoms with Crippen LogP contribution in [0.5, 0.6) is 0 Å². The van der Waals surface area contributed by atoms with Gasteiger partial charge in [0.05, 0.1) is 0 Å². The monoisotopic (exact) mass is 345 g/mol. The van der Waals surface area contributed by atoms with Crippen molar-refractivity contribution in [2.45, 2.75) is 32.6 Å². The molecule has 0 aromatic heterocycles. The first kappa shape index (κ1) is 17.9. The first-order valence-electron chi connectivity index (χ1n) is 8.95. The number of rotatable bonds is 6. The lowest BCUT2D eigenvalue weighted by Crippen LogP contribution is -2.13. The fraction of sp³-hybridized carbons (Fsp3) is 0.217. The van der Waals surface area contributed by atoms with Crippen molar-refractivity contribution in [2.75, 3.05) is 5.32 Å². The van der Waals surface area contributed by atoms with Crippen molar-refractivity contribution >= 4 is 28.2 Å². The summed E-state index contributed by atoms with van der Waals surface area (Å²) in [4.78, 5) is 24.6. The highest BCUT2D eigenvalue weighted by molar-refractivity contribution is 6.04. The van der Waals surface area contributed by atoms with Crippen LogP contribution < -0.4 is 5.32 Å². The number of carbonyl (C=O) groups is 2. The zero-order valence-electron chi connectivity index (χ0n) is 15.2. The van der Waals surface area contributed by atoms with Crippen LogP contribution in [0.15, 0.2) is 66.7 Å². The molecule has 1 amide bonds. The predicted octanol–water partition coefficient (Wildman–Crippen LogP) is 5.56. The Kier molecular flexibility index (Phi) is 5.47. The third kappa shape index (κ3) is 4.17. The molecule has 3 heteroatoms. The Morgan fingerprint density at radius 1 is 0.846 bits per heavy atom. The summed E-state index contributed by atoms with van der Waals surface area (Å²) in [7, 11) is 0. The predicted molar refractivity (Wildman–Crippen MR) is 107 cm³/mol. The van der Waals surface area contributed by atoms with Crippen LogP contribution in [0.3, 0.4) is 0 Å². The molecule has 0 heterocycles. The van der Waals surface area contributed by atoms with Crippen LogP contribution in [-0.2, 0) is 4.79 Å². The van der Waals surface area contributed by atoms with E-state index in [1.54, 1.807) is 0 Å². The molecule has 0 aliphatic rings. The van der Waals surface area contributed by atoms with Gasteiger partial charge in [0.15, 0.2) is 5.78 Å². The van der Waals surface area contributed by atoms with E-state index in [2.05, 4.69) is 19.2 Å². The molecule has 3 rings (SSSR count). The third-order valence-corrected chi connectivity index (χ3v) is 4.54. The molecule has 0 unspecified atom stereocenters. The van der Waals surface area contributed by atoms with Crippen molar-refractivity contribution in [1.29, 1.82) is 0 Å². The number of anilines is 1. The van der Waals surface area contributed by atoms with Gasteiger partial charge in [-0.05, 0) is 22.9 Å². The fourth-order valence-corrected chi connectivity index (χ4v) is 2.97. The van der Waals surface area contributed by atoms with Gasteiger partial charge in [-0.25, -0.2) is 0 Å². The molecular formula is C23H23NO2. The lowest BCUT2D eigenvalue weighted by molar-refractivity contribution is -0.116. The highest BCUT2D eigenvalue weighted by Crippen LogP contribution is 2.23. The Morgan fingerprint density at radius 3 is 2.27 bits per heavy atom. The molecule has 0 bridgehead atoms. The number of benzene rings is 3. The summed E-state index contributed by atoms with van der Waals surface area (Å²) in [5.74, 6) is 0.285.